The van der Waals surface area contributed by atoms with Gasteiger partial charge in [0.1, 0.15) is 65.2 Å². The average Bonchev–Trinajstić information content (AvgIpc) is 2.98. The Morgan fingerprint density at radius 3 is 2.28 bits per heavy atom. The fourth-order valence-electron chi connectivity index (χ4n) is 4.76. The molecule has 2 aromatic carbocycles. The molecule has 0 amide bonds. The predicted octanol–water partition coefficient (Wildman–Crippen LogP) is -1.77. The number of ether oxygens (including phenoxy) is 5. The number of hydrogen-bond donors (Lipinski definition) is 9. The minimum atomic E-state index is -1.82. The van der Waals surface area contributed by atoms with E-state index in [4.69, 9.17) is 28.1 Å². The largest absolute Gasteiger partial charge is 0.507 e. The van der Waals surface area contributed by atoms with E-state index in [0.29, 0.717) is 0 Å². The van der Waals surface area contributed by atoms with Gasteiger partial charge in [-0.05, 0) is 18.2 Å². The van der Waals surface area contributed by atoms with Gasteiger partial charge in [-0.3, -0.25) is 4.79 Å². The molecule has 16 nitrogen and oxygen atoms in total. The molecule has 43 heavy (non-hydrogen) atoms. The second-order valence-electron chi connectivity index (χ2n) is 10.0. The highest BCUT2D eigenvalue weighted by Gasteiger charge is 2.46. The van der Waals surface area contributed by atoms with E-state index in [1.165, 1.54) is 25.3 Å². The van der Waals surface area contributed by atoms with Gasteiger partial charge < -0.3 is 74.1 Å². The van der Waals surface area contributed by atoms with Crippen LogP contribution in [0.5, 0.6) is 28.7 Å². The van der Waals surface area contributed by atoms with Gasteiger partial charge in [0, 0.05) is 17.7 Å². The third kappa shape index (κ3) is 5.79. The maximum absolute atomic E-state index is 12.9. The van der Waals surface area contributed by atoms with Crippen molar-refractivity contribution in [2.45, 2.75) is 55.3 Å². The van der Waals surface area contributed by atoms with Crippen LogP contribution in [0.2, 0.25) is 0 Å². The number of aliphatic hydroxyl groups is 6. The van der Waals surface area contributed by atoms with Crippen LogP contribution in [0.25, 0.3) is 22.3 Å². The molecule has 1 aromatic heterocycles. The summed E-state index contributed by atoms with van der Waals surface area (Å²) in [5.41, 5.74) is -1.16. The van der Waals surface area contributed by atoms with E-state index >= 15 is 0 Å². The predicted molar refractivity (Wildman–Crippen MR) is 140 cm³/mol. The van der Waals surface area contributed by atoms with Crippen molar-refractivity contribution in [1.82, 2.24) is 0 Å². The van der Waals surface area contributed by atoms with Gasteiger partial charge in [-0.15, -0.1) is 0 Å². The first-order chi connectivity index (χ1) is 20.4. The number of hydrogen-bond acceptors (Lipinski definition) is 16. The lowest BCUT2D eigenvalue weighted by molar-refractivity contribution is -0.307. The van der Waals surface area contributed by atoms with Crippen LogP contribution in [0.1, 0.15) is 0 Å². The van der Waals surface area contributed by atoms with Crippen molar-refractivity contribution in [3.05, 3.63) is 40.6 Å². The van der Waals surface area contributed by atoms with E-state index in [2.05, 4.69) is 0 Å². The van der Waals surface area contributed by atoms with E-state index in [-0.39, 0.29) is 40.8 Å². The quantitative estimate of drug-likeness (QED) is 0.143. The second kappa shape index (κ2) is 12.1. The molecule has 9 N–H and O–H groups in total. The molecule has 9 unspecified atom stereocenters. The Hall–Kier alpha value is -3.71. The molecule has 2 saturated heterocycles. The topological polar surface area (TPSA) is 258 Å². The standard InChI is InChI=1S/C27H30O16/c1-38-14-3-2-9(4-11(14)28)25-22(35)20(33)17-12(29)5-10(6-15(17)42-25)41-27-24(37)21(34)19(32)16(43-27)8-40-26-23(36)18(31)13(30)7-39-26/h2-6,13,16,18-19,21,23-24,26-32,34-37H,7-8H2,1H3. The molecule has 2 fully saturated rings. The Bertz CT molecular complexity index is 1520. The zero-order valence-corrected chi connectivity index (χ0v) is 22.4. The van der Waals surface area contributed by atoms with E-state index in [0.717, 1.165) is 12.1 Å². The third-order valence-electron chi connectivity index (χ3n) is 7.16. The molecule has 16 heteroatoms. The lowest BCUT2D eigenvalue weighted by Gasteiger charge is -2.41. The van der Waals surface area contributed by atoms with Crippen molar-refractivity contribution in [1.29, 1.82) is 0 Å². The van der Waals surface area contributed by atoms with Gasteiger partial charge >= 0.3 is 0 Å². The molecule has 2 aliphatic heterocycles. The van der Waals surface area contributed by atoms with Crippen molar-refractivity contribution in [3.63, 3.8) is 0 Å². The van der Waals surface area contributed by atoms with Crippen LogP contribution < -0.4 is 14.9 Å². The molecule has 0 radical (unpaired) electrons. The maximum atomic E-state index is 12.9. The van der Waals surface area contributed by atoms with E-state index < -0.39 is 84.2 Å². The molecule has 5 rings (SSSR count). The van der Waals surface area contributed by atoms with Crippen LogP contribution >= 0.6 is 0 Å². The van der Waals surface area contributed by atoms with Crippen molar-refractivity contribution in [2.24, 2.45) is 0 Å². The number of phenols is 2. The van der Waals surface area contributed by atoms with Crippen LogP contribution in [0.3, 0.4) is 0 Å². The molecule has 0 saturated carbocycles. The van der Waals surface area contributed by atoms with Gasteiger partial charge in [0.2, 0.25) is 17.5 Å². The highest BCUT2D eigenvalue weighted by molar-refractivity contribution is 5.88. The molecule has 3 aromatic rings. The van der Waals surface area contributed by atoms with E-state index in [1.54, 1.807) is 0 Å². The molecule has 2 aliphatic rings. The van der Waals surface area contributed by atoms with Gasteiger partial charge in [-0.25, -0.2) is 0 Å². The first-order valence-corrected chi connectivity index (χ1v) is 12.9. The molecule has 0 aliphatic carbocycles. The highest BCUT2D eigenvalue weighted by atomic mass is 16.7. The number of methoxy groups -OCH3 is 1. The number of benzene rings is 2. The van der Waals surface area contributed by atoms with Crippen molar-refractivity contribution >= 4 is 11.0 Å². The van der Waals surface area contributed by atoms with Gasteiger partial charge in [0.15, 0.2) is 23.5 Å². The van der Waals surface area contributed by atoms with Crippen LogP contribution in [0, 0.1) is 0 Å². The van der Waals surface area contributed by atoms with Crippen molar-refractivity contribution < 1.29 is 74.1 Å². The molecule has 0 spiro atoms. The second-order valence-corrected chi connectivity index (χ2v) is 10.0. The van der Waals surface area contributed by atoms with Gasteiger partial charge in [-0.2, -0.15) is 0 Å². The van der Waals surface area contributed by atoms with Gasteiger partial charge in [0.05, 0.1) is 20.3 Å². The maximum Gasteiger partial charge on any atom is 0.238 e. The smallest absolute Gasteiger partial charge is 0.238 e. The Morgan fingerprint density at radius 2 is 1.58 bits per heavy atom. The fourth-order valence-corrected chi connectivity index (χ4v) is 4.76. The molecule has 3 heterocycles. The normalized spacial score (nSPS) is 31.2. The van der Waals surface area contributed by atoms with Crippen LogP contribution in [-0.4, -0.2) is 122 Å². The number of aliphatic hydroxyl groups excluding tert-OH is 6. The summed E-state index contributed by atoms with van der Waals surface area (Å²) in [6, 6.07) is 6.07. The number of aromatic hydroxyl groups is 3. The average molecular weight is 611 g/mol. The zero-order chi connectivity index (χ0) is 31.2. The van der Waals surface area contributed by atoms with E-state index in [1.807, 2.05) is 0 Å². The zero-order valence-electron chi connectivity index (χ0n) is 22.4. The number of phenolic OH excluding ortho intramolecular Hbond substituents is 2. The minimum Gasteiger partial charge on any atom is -0.507 e. The summed E-state index contributed by atoms with van der Waals surface area (Å²) in [6.45, 7) is -0.866. The molecular weight excluding hydrogens is 580 g/mol. The van der Waals surface area contributed by atoms with Crippen LogP contribution in [0.4, 0.5) is 0 Å². The van der Waals surface area contributed by atoms with E-state index in [9.17, 15) is 50.8 Å². The summed E-state index contributed by atoms with van der Waals surface area (Å²) in [5.74, 6) is -2.26. The Labute approximate surface area is 241 Å². The summed E-state index contributed by atoms with van der Waals surface area (Å²) in [5, 5.41) is 91.6. The van der Waals surface area contributed by atoms with Crippen LogP contribution in [-0.2, 0) is 14.2 Å². The first kappa shape index (κ1) is 30.7. The lowest BCUT2D eigenvalue weighted by Crippen LogP contribution is -2.61. The van der Waals surface area contributed by atoms with Gasteiger partial charge in [0.25, 0.3) is 0 Å². The van der Waals surface area contributed by atoms with Crippen LogP contribution in [0.15, 0.2) is 39.5 Å². The number of rotatable bonds is 7. The summed E-state index contributed by atoms with van der Waals surface area (Å²) in [6.07, 6.45) is -14.3. The number of fused-ring (bicyclic) bond motifs is 1. The summed E-state index contributed by atoms with van der Waals surface area (Å²) >= 11 is 0. The molecule has 9 atom stereocenters. The Morgan fingerprint density at radius 1 is 0.860 bits per heavy atom. The fraction of sp³-hybridized carbons (Fsp3) is 0.444. The summed E-state index contributed by atoms with van der Waals surface area (Å²) in [4.78, 5) is 12.9. The summed E-state index contributed by atoms with van der Waals surface area (Å²) < 4.78 is 32.4. The molecule has 234 valence electrons. The molecular formula is C27H30O16. The Balaban J connectivity index is 1.39. The Kier molecular flexibility index (Phi) is 8.66. The first-order valence-electron chi connectivity index (χ1n) is 12.9. The highest BCUT2D eigenvalue weighted by Crippen LogP contribution is 2.39. The minimum absolute atomic E-state index is 0.0979. The molecule has 0 bridgehead atoms. The lowest BCUT2D eigenvalue weighted by atomic mass is 9.99. The summed E-state index contributed by atoms with van der Waals surface area (Å²) in [7, 11) is 1.33. The third-order valence-corrected chi connectivity index (χ3v) is 7.16. The van der Waals surface area contributed by atoms with Crippen molar-refractivity contribution in [2.75, 3.05) is 20.3 Å². The van der Waals surface area contributed by atoms with Crippen molar-refractivity contribution in [3.8, 4) is 40.1 Å². The SMILES string of the molecule is COc1ccc(-c2oc3cc(OC4OC(COC5OCC(O)C(O)C5O)C(O)C(O)C4O)cc(O)c3c(=O)c2O)cc1O. The monoisotopic (exact) mass is 610 g/mol. The van der Waals surface area contributed by atoms with Gasteiger partial charge in [-0.1, -0.05) is 0 Å².